The Morgan fingerprint density at radius 2 is 1.67 bits per heavy atom. The van der Waals surface area contributed by atoms with Gasteiger partial charge in [-0.15, -0.1) is 11.3 Å². The van der Waals surface area contributed by atoms with Crippen molar-refractivity contribution in [3.63, 3.8) is 0 Å². The summed E-state index contributed by atoms with van der Waals surface area (Å²) in [6.45, 7) is 3.60. The van der Waals surface area contributed by atoms with Crippen LogP contribution in [0.1, 0.15) is 12.0 Å². The van der Waals surface area contributed by atoms with Crippen LogP contribution in [0.25, 0.3) is 41.7 Å². The Balaban J connectivity index is 1.86. The average molecular weight is 366 g/mol. The maximum Gasteiger partial charge on any atom is 0.155 e. The fourth-order valence-corrected chi connectivity index (χ4v) is 5.26. The number of allylic oxidation sites excluding steroid dienone is 1. The normalized spacial score (nSPS) is 11.6. The Hall–Kier alpha value is -2.97. The highest BCUT2D eigenvalue weighted by Gasteiger charge is 2.13. The molecule has 5 rings (SSSR count). The zero-order valence-corrected chi connectivity index (χ0v) is 15.7. The van der Waals surface area contributed by atoms with E-state index in [0.717, 1.165) is 6.42 Å². The van der Waals surface area contributed by atoms with Crippen LogP contribution in [0.4, 0.5) is 0 Å². The molecule has 0 aliphatic rings. The van der Waals surface area contributed by atoms with Gasteiger partial charge < -0.3 is 0 Å². The minimum atomic E-state index is 0.0975. The molecule has 0 aliphatic heterocycles. The zero-order chi connectivity index (χ0) is 18.4. The van der Waals surface area contributed by atoms with Crippen molar-refractivity contribution in [2.75, 3.05) is 0 Å². The smallest absolute Gasteiger partial charge is 0.155 e. The Morgan fingerprint density at radius 1 is 0.852 bits per heavy atom. The van der Waals surface area contributed by atoms with Gasteiger partial charge in [0.15, 0.2) is 5.78 Å². The third kappa shape index (κ3) is 2.56. The molecular weight excluding hydrogens is 348 g/mol. The molecule has 27 heavy (non-hydrogen) atoms. The first kappa shape index (κ1) is 16.2. The van der Waals surface area contributed by atoms with Crippen molar-refractivity contribution in [1.82, 2.24) is 0 Å². The van der Waals surface area contributed by atoms with E-state index in [-0.39, 0.29) is 5.78 Å². The van der Waals surface area contributed by atoms with Crippen LogP contribution in [0.5, 0.6) is 0 Å². The van der Waals surface area contributed by atoms with Crippen molar-refractivity contribution in [2.45, 2.75) is 12.8 Å². The van der Waals surface area contributed by atoms with E-state index < -0.39 is 0 Å². The van der Waals surface area contributed by atoms with E-state index in [0.29, 0.717) is 6.42 Å². The number of ketones is 1. The first-order valence-electron chi connectivity index (χ1n) is 9.16. The SMILES string of the molecule is C=CC(=O)CCc1cccc2ccc3sc4c5ccccc5ccc4c3c12. The fraction of sp³-hybridized carbons (Fsp3) is 0.0800. The molecule has 0 saturated carbocycles. The lowest BCUT2D eigenvalue weighted by atomic mass is 9.95. The molecule has 0 spiro atoms. The van der Waals surface area contributed by atoms with E-state index in [2.05, 4.69) is 73.3 Å². The van der Waals surface area contributed by atoms with Crippen molar-refractivity contribution >= 4 is 58.8 Å². The van der Waals surface area contributed by atoms with Crippen molar-refractivity contribution in [1.29, 1.82) is 0 Å². The first-order chi connectivity index (χ1) is 13.3. The van der Waals surface area contributed by atoms with Crippen molar-refractivity contribution in [3.05, 3.63) is 84.9 Å². The molecule has 0 fully saturated rings. The second kappa shape index (κ2) is 6.33. The van der Waals surface area contributed by atoms with Crippen LogP contribution in [0, 0.1) is 0 Å². The number of fused-ring (bicyclic) bond motifs is 7. The molecular formula is C25H18OS. The van der Waals surface area contributed by atoms with Crippen LogP contribution in [0.3, 0.4) is 0 Å². The molecule has 4 aromatic carbocycles. The molecule has 0 unspecified atom stereocenters. The minimum Gasteiger partial charge on any atom is -0.295 e. The van der Waals surface area contributed by atoms with E-state index in [1.807, 2.05) is 11.3 Å². The van der Waals surface area contributed by atoms with Crippen LogP contribution < -0.4 is 0 Å². The third-order valence-corrected chi connectivity index (χ3v) is 6.53. The van der Waals surface area contributed by atoms with E-state index in [4.69, 9.17) is 0 Å². The molecule has 0 N–H and O–H groups in total. The molecule has 2 heteroatoms. The third-order valence-electron chi connectivity index (χ3n) is 5.32. The van der Waals surface area contributed by atoms with Crippen molar-refractivity contribution < 1.29 is 4.79 Å². The van der Waals surface area contributed by atoms with Gasteiger partial charge in [0.1, 0.15) is 0 Å². The number of hydrogen-bond donors (Lipinski definition) is 0. The molecule has 0 saturated heterocycles. The Morgan fingerprint density at radius 3 is 2.56 bits per heavy atom. The second-order valence-corrected chi connectivity index (χ2v) is 7.94. The van der Waals surface area contributed by atoms with Crippen LogP contribution >= 0.6 is 11.3 Å². The largest absolute Gasteiger partial charge is 0.295 e. The van der Waals surface area contributed by atoms with Gasteiger partial charge in [0.05, 0.1) is 0 Å². The van der Waals surface area contributed by atoms with Crippen LogP contribution in [0.2, 0.25) is 0 Å². The van der Waals surface area contributed by atoms with Gasteiger partial charge in [0.25, 0.3) is 0 Å². The quantitative estimate of drug-likeness (QED) is 0.311. The standard InChI is InChI=1S/C25H18OS/c1-2-19(26)13-10-17-7-5-8-18-12-15-22-24(23(17)18)21-14-11-16-6-3-4-9-20(16)25(21)27-22/h2-9,11-12,14-15H,1,10,13H2. The van der Waals surface area contributed by atoms with E-state index in [1.165, 1.54) is 53.4 Å². The van der Waals surface area contributed by atoms with Gasteiger partial charge in [0, 0.05) is 26.6 Å². The van der Waals surface area contributed by atoms with Gasteiger partial charge in [-0.3, -0.25) is 4.79 Å². The van der Waals surface area contributed by atoms with Gasteiger partial charge in [-0.05, 0) is 45.7 Å². The summed E-state index contributed by atoms with van der Waals surface area (Å²) >= 11 is 1.86. The zero-order valence-electron chi connectivity index (χ0n) is 14.9. The molecule has 1 heterocycles. The summed E-state index contributed by atoms with van der Waals surface area (Å²) in [6, 6.07) is 23.9. The summed E-state index contributed by atoms with van der Waals surface area (Å²) in [5, 5.41) is 7.73. The maximum atomic E-state index is 11.8. The molecule has 0 radical (unpaired) electrons. The van der Waals surface area contributed by atoms with Gasteiger partial charge in [-0.25, -0.2) is 0 Å². The number of carbonyl (C=O) groups is 1. The predicted molar refractivity (Wildman–Crippen MR) is 118 cm³/mol. The van der Waals surface area contributed by atoms with Gasteiger partial charge in [0.2, 0.25) is 0 Å². The minimum absolute atomic E-state index is 0.0975. The topological polar surface area (TPSA) is 17.1 Å². The fourth-order valence-electron chi connectivity index (χ4n) is 4.02. The molecule has 130 valence electrons. The molecule has 0 amide bonds. The highest BCUT2D eigenvalue weighted by Crippen LogP contribution is 2.42. The van der Waals surface area contributed by atoms with E-state index in [9.17, 15) is 4.79 Å². The number of aryl methyl sites for hydroxylation is 1. The summed E-state index contributed by atoms with van der Waals surface area (Å²) < 4.78 is 2.64. The van der Waals surface area contributed by atoms with Crippen LogP contribution in [0.15, 0.2) is 79.4 Å². The summed E-state index contributed by atoms with van der Waals surface area (Å²) in [5.74, 6) is 0.0975. The summed E-state index contributed by atoms with van der Waals surface area (Å²) in [5.41, 5.74) is 1.24. The molecule has 0 atom stereocenters. The summed E-state index contributed by atoms with van der Waals surface area (Å²) in [6.07, 6.45) is 2.67. The highest BCUT2D eigenvalue weighted by atomic mass is 32.1. The average Bonchev–Trinajstić information content (AvgIpc) is 3.11. The molecule has 0 bridgehead atoms. The maximum absolute atomic E-state index is 11.8. The molecule has 5 aromatic rings. The van der Waals surface area contributed by atoms with Crippen LogP contribution in [-0.2, 0) is 11.2 Å². The van der Waals surface area contributed by atoms with Gasteiger partial charge in [-0.2, -0.15) is 0 Å². The number of thiophene rings is 1. The van der Waals surface area contributed by atoms with E-state index in [1.54, 1.807) is 0 Å². The number of hydrogen-bond acceptors (Lipinski definition) is 2. The monoisotopic (exact) mass is 366 g/mol. The second-order valence-electron chi connectivity index (χ2n) is 6.89. The first-order valence-corrected chi connectivity index (χ1v) is 9.98. The summed E-state index contributed by atoms with van der Waals surface area (Å²) in [4.78, 5) is 11.8. The lowest BCUT2D eigenvalue weighted by Gasteiger charge is -2.08. The molecule has 1 nitrogen and oxygen atoms in total. The lowest BCUT2D eigenvalue weighted by Crippen LogP contribution is -1.96. The highest BCUT2D eigenvalue weighted by molar-refractivity contribution is 7.26. The Labute approximate surface area is 161 Å². The number of benzene rings is 4. The van der Waals surface area contributed by atoms with E-state index >= 15 is 0 Å². The Kier molecular flexibility index (Phi) is 3.80. The van der Waals surface area contributed by atoms with Crippen molar-refractivity contribution in [2.24, 2.45) is 0 Å². The van der Waals surface area contributed by atoms with Crippen LogP contribution in [-0.4, -0.2) is 5.78 Å². The number of rotatable bonds is 4. The van der Waals surface area contributed by atoms with Gasteiger partial charge >= 0.3 is 0 Å². The van der Waals surface area contributed by atoms with Crippen molar-refractivity contribution in [3.8, 4) is 0 Å². The number of carbonyl (C=O) groups excluding carboxylic acids is 1. The molecule has 0 aliphatic carbocycles. The lowest BCUT2D eigenvalue weighted by molar-refractivity contribution is -0.114. The predicted octanol–water partition coefficient (Wildman–Crippen LogP) is 7.05. The van der Waals surface area contributed by atoms with Gasteiger partial charge in [-0.1, -0.05) is 67.2 Å². The summed E-state index contributed by atoms with van der Waals surface area (Å²) in [7, 11) is 0. The Bertz CT molecular complexity index is 1360. The molecule has 1 aromatic heterocycles.